The topological polar surface area (TPSA) is 112 Å². The first-order valence-corrected chi connectivity index (χ1v) is 10.3. The van der Waals surface area contributed by atoms with Gasteiger partial charge in [0.2, 0.25) is 29.2 Å². The number of sulfone groups is 2. The van der Waals surface area contributed by atoms with Gasteiger partial charge in [0.15, 0.2) is 5.01 Å². The molecule has 2 heterocycles. The number of imidazole rings is 1. The minimum atomic E-state index is -3.46. The molecule has 0 spiro atoms. The summed E-state index contributed by atoms with van der Waals surface area (Å²) in [6.45, 7) is 1.76. The SMILES string of the molecule is CCCS(=O)(=O)c1nnc(-c2cnc(S(C)(=O)=O)n2C)s1. The highest BCUT2D eigenvalue weighted by Gasteiger charge is 2.23. The van der Waals surface area contributed by atoms with Crippen LogP contribution in [0.4, 0.5) is 0 Å². The second kappa shape index (κ2) is 5.46. The molecule has 0 atom stereocenters. The van der Waals surface area contributed by atoms with Gasteiger partial charge >= 0.3 is 0 Å². The molecule has 2 aromatic heterocycles. The zero-order valence-corrected chi connectivity index (χ0v) is 14.1. The van der Waals surface area contributed by atoms with Crippen LogP contribution in [0, 0.1) is 0 Å². The molecule has 0 saturated carbocycles. The summed E-state index contributed by atoms with van der Waals surface area (Å²) in [5, 5.41) is 7.72. The largest absolute Gasteiger partial charge is 0.316 e. The van der Waals surface area contributed by atoms with Crippen molar-refractivity contribution < 1.29 is 16.8 Å². The van der Waals surface area contributed by atoms with E-state index in [0.29, 0.717) is 17.1 Å². The second-order valence-electron chi connectivity index (χ2n) is 4.45. The highest BCUT2D eigenvalue weighted by molar-refractivity contribution is 7.93. The van der Waals surface area contributed by atoms with E-state index >= 15 is 0 Å². The van der Waals surface area contributed by atoms with Gasteiger partial charge in [0.25, 0.3) is 0 Å². The lowest BCUT2D eigenvalue weighted by atomic mass is 10.5. The maximum Gasteiger partial charge on any atom is 0.232 e. The zero-order valence-electron chi connectivity index (χ0n) is 11.6. The van der Waals surface area contributed by atoms with Crippen molar-refractivity contribution in [3.63, 3.8) is 0 Å². The van der Waals surface area contributed by atoms with Crippen molar-refractivity contribution in [2.75, 3.05) is 12.0 Å². The van der Waals surface area contributed by atoms with Crippen LogP contribution in [0.5, 0.6) is 0 Å². The van der Waals surface area contributed by atoms with E-state index in [4.69, 9.17) is 0 Å². The molecule has 2 rings (SSSR count). The van der Waals surface area contributed by atoms with Crippen LogP contribution in [-0.4, -0.2) is 48.6 Å². The standard InChI is InChI=1S/C10H14N4O4S3/c1-4-5-21(17,18)10-13-12-8(19-10)7-6-11-9(14(7)2)20(3,15)16/h6H,4-5H2,1-3H3. The Morgan fingerprint density at radius 1 is 1.24 bits per heavy atom. The maximum absolute atomic E-state index is 11.9. The van der Waals surface area contributed by atoms with Crippen LogP contribution in [0.1, 0.15) is 13.3 Å². The van der Waals surface area contributed by atoms with Crippen molar-refractivity contribution in [2.45, 2.75) is 22.8 Å². The van der Waals surface area contributed by atoms with Crippen molar-refractivity contribution >= 4 is 31.0 Å². The molecule has 11 heteroatoms. The Balaban J connectivity index is 2.47. The van der Waals surface area contributed by atoms with Crippen LogP contribution in [0.15, 0.2) is 15.7 Å². The van der Waals surface area contributed by atoms with E-state index in [1.54, 1.807) is 6.92 Å². The van der Waals surface area contributed by atoms with Gasteiger partial charge in [-0.1, -0.05) is 18.3 Å². The predicted octanol–water partition coefficient (Wildman–Crippen LogP) is 0.526. The fourth-order valence-electron chi connectivity index (χ4n) is 1.73. The molecule has 0 aliphatic carbocycles. The van der Waals surface area contributed by atoms with Crippen molar-refractivity contribution in [1.82, 2.24) is 19.7 Å². The van der Waals surface area contributed by atoms with Crippen molar-refractivity contribution in [1.29, 1.82) is 0 Å². The first-order valence-electron chi connectivity index (χ1n) is 5.95. The highest BCUT2D eigenvalue weighted by Crippen LogP contribution is 2.27. The molecule has 0 fully saturated rings. The number of hydrogen-bond acceptors (Lipinski definition) is 8. The lowest BCUT2D eigenvalue weighted by molar-refractivity contribution is 0.585. The molecule has 0 aliphatic heterocycles. The lowest BCUT2D eigenvalue weighted by Crippen LogP contribution is -2.06. The van der Waals surface area contributed by atoms with Crippen molar-refractivity contribution in [3.05, 3.63) is 6.20 Å². The van der Waals surface area contributed by atoms with Gasteiger partial charge in [0, 0.05) is 13.3 Å². The minimum Gasteiger partial charge on any atom is -0.316 e. The minimum absolute atomic E-state index is 0.00160. The fraction of sp³-hybridized carbons (Fsp3) is 0.500. The predicted molar refractivity (Wildman–Crippen MR) is 77.6 cm³/mol. The summed E-state index contributed by atoms with van der Waals surface area (Å²) in [5.74, 6) is 0.00160. The molecule has 8 nitrogen and oxygen atoms in total. The smallest absolute Gasteiger partial charge is 0.232 e. The number of hydrogen-bond donors (Lipinski definition) is 0. The number of aromatic nitrogens is 4. The zero-order chi connectivity index (χ0) is 15.8. The molecule has 2 aromatic rings. The molecule has 116 valence electrons. The summed E-state index contributed by atoms with van der Waals surface area (Å²) in [6.07, 6.45) is 2.88. The molecular formula is C10H14N4O4S3. The van der Waals surface area contributed by atoms with Gasteiger partial charge in [-0.2, -0.15) is 0 Å². The molecule has 21 heavy (non-hydrogen) atoms. The van der Waals surface area contributed by atoms with Crippen LogP contribution in [-0.2, 0) is 26.7 Å². The molecular weight excluding hydrogens is 336 g/mol. The van der Waals surface area contributed by atoms with Crippen LogP contribution in [0.3, 0.4) is 0 Å². The van der Waals surface area contributed by atoms with E-state index in [9.17, 15) is 16.8 Å². The third-order valence-electron chi connectivity index (χ3n) is 2.64. The summed E-state index contributed by atoms with van der Waals surface area (Å²) in [7, 11) is -5.37. The van der Waals surface area contributed by atoms with Crippen molar-refractivity contribution in [3.8, 4) is 10.7 Å². The highest BCUT2D eigenvalue weighted by atomic mass is 32.2. The van der Waals surface area contributed by atoms with Gasteiger partial charge in [-0.3, -0.25) is 0 Å². The molecule has 0 N–H and O–H groups in total. The molecule has 0 amide bonds. The molecule has 0 bridgehead atoms. The fourth-order valence-corrected chi connectivity index (χ4v) is 5.07. The summed E-state index contributed by atoms with van der Waals surface area (Å²) in [4.78, 5) is 3.84. The number of nitrogens with zero attached hydrogens (tertiary/aromatic N) is 4. The first-order chi connectivity index (χ1) is 9.66. The van der Waals surface area contributed by atoms with Gasteiger partial charge in [0.1, 0.15) is 0 Å². The van der Waals surface area contributed by atoms with Crippen LogP contribution in [0.2, 0.25) is 0 Å². The molecule has 0 aliphatic rings. The van der Waals surface area contributed by atoms with E-state index in [-0.39, 0.29) is 15.2 Å². The van der Waals surface area contributed by atoms with Gasteiger partial charge in [-0.15, -0.1) is 10.2 Å². The Kier molecular flexibility index (Phi) is 4.17. The summed E-state index contributed by atoms with van der Waals surface area (Å²) in [6, 6.07) is 0. The van der Waals surface area contributed by atoms with Gasteiger partial charge < -0.3 is 4.57 Å². The molecule has 0 unspecified atom stereocenters. The van der Waals surface area contributed by atoms with Gasteiger partial charge in [-0.05, 0) is 6.42 Å². The molecule has 0 aromatic carbocycles. The Morgan fingerprint density at radius 3 is 2.43 bits per heavy atom. The Bertz CT molecular complexity index is 864. The second-order valence-corrected chi connectivity index (χ2v) is 9.62. The average molecular weight is 350 g/mol. The Labute approximate surface area is 126 Å². The van der Waals surface area contributed by atoms with E-state index in [0.717, 1.165) is 17.6 Å². The third kappa shape index (κ3) is 3.14. The van der Waals surface area contributed by atoms with Crippen LogP contribution in [0.25, 0.3) is 10.7 Å². The average Bonchev–Trinajstić information content (AvgIpc) is 2.93. The van der Waals surface area contributed by atoms with Crippen LogP contribution >= 0.6 is 11.3 Å². The monoisotopic (exact) mass is 350 g/mol. The van der Waals surface area contributed by atoms with Crippen LogP contribution < -0.4 is 0 Å². The van der Waals surface area contributed by atoms with E-state index in [1.165, 1.54) is 17.8 Å². The van der Waals surface area contributed by atoms with E-state index in [1.807, 2.05) is 0 Å². The molecule has 0 radical (unpaired) electrons. The van der Waals surface area contributed by atoms with Gasteiger partial charge in [0.05, 0.1) is 17.6 Å². The Hall–Kier alpha value is -1.33. The van der Waals surface area contributed by atoms with Gasteiger partial charge in [-0.25, -0.2) is 21.8 Å². The molecule has 0 saturated heterocycles. The van der Waals surface area contributed by atoms with E-state index < -0.39 is 19.7 Å². The number of rotatable bonds is 5. The maximum atomic E-state index is 11.9. The summed E-state index contributed by atoms with van der Waals surface area (Å²) >= 11 is 0.905. The Morgan fingerprint density at radius 2 is 1.90 bits per heavy atom. The normalized spacial score (nSPS) is 12.7. The van der Waals surface area contributed by atoms with Crippen molar-refractivity contribution in [2.24, 2.45) is 7.05 Å². The summed E-state index contributed by atoms with van der Waals surface area (Å²) in [5.41, 5.74) is 0.408. The van der Waals surface area contributed by atoms with E-state index in [2.05, 4.69) is 15.2 Å². The first kappa shape index (κ1) is 16.0. The quantitative estimate of drug-likeness (QED) is 0.773. The third-order valence-corrected chi connectivity index (χ3v) is 7.00. The summed E-state index contributed by atoms with van der Waals surface area (Å²) < 4.78 is 48.2. The lowest BCUT2D eigenvalue weighted by Gasteiger charge is -2.00.